The summed E-state index contributed by atoms with van der Waals surface area (Å²) in [5.74, 6) is -1.43. The Kier molecular flexibility index (Phi) is 4.05. The highest BCUT2D eigenvalue weighted by molar-refractivity contribution is 5.97. The minimum absolute atomic E-state index is 0.0288. The summed E-state index contributed by atoms with van der Waals surface area (Å²) in [6.07, 6.45) is -1.02. The van der Waals surface area contributed by atoms with Crippen molar-refractivity contribution in [1.82, 2.24) is 0 Å². The largest absolute Gasteiger partial charge is 0.449 e. The van der Waals surface area contributed by atoms with Crippen molar-refractivity contribution >= 4 is 22.8 Å². The summed E-state index contributed by atoms with van der Waals surface area (Å²) in [6, 6.07) is 7.19. The van der Waals surface area contributed by atoms with E-state index in [0.29, 0.717) is 11.1 Å². The van der Waals surface area contributed by atoms with Crippen molar-refractivity contribution < 1.29 is 23.5 Å². The van der Waals surface area contributed by atoms with E-state index in [0.717, 1.165) is 5.39 Å². The number of furan rings is 1. The van der Waals surface area contributed by atoms with Crippen LogP contribution >= 0.6 is 0 Å². The predicted octanol–water partition coefficient (Wildman–Crippen LogP) is 1.61. The monoisotopic (exact) mass is 277 g/mol. The van der Waals surface area contributed by atoms with Crippen LogP contribution in [0, 0.1) is 0 Å². The van der Waals surface area contributed by atoms with Gasteiger partial charge >= 0.3 is 5.97 Å². The van der Waals surface area contributed by atoms with E-state index in [1.165, 1.54) is 14.0 Å². The van der Waals surface area contributed by atoms with Gasteiger partial charge < -0.3 is 19.6 Å². The lowest BCUT2D eigenvalue weighted by molar-refractivity contribution is -0.125. The third kappa shape index (κ3) is 2.65. The topological polar surface area (TPSA) is 91.8 Å². The maximum Gasteiger partial charge on any atom is 0.375 e. The Labute approximate surface area is 115 Å². The minimum Gasteiger partial charge on any atom is -0.449 e. The van der Waals surface area contributed by atoms with Crippen LogP contribution in [-0.2, 0) is 20.9 Å². The third-order valence-corrected chi connectivity index (χ3v) is 2.86. The fourth-order valence-electron chi connectivity index (χ4n) is 1.82. The summed E-state index contributed by atoms with van der Waals surface area (Å²) in [7, 11) is 1.52. The van der Waals surface area contributed by atoms with Gasteiger partial charge in [0.25, 0.3) is 5.91 Å². The summed E-state index contributed by atoms with van der Waals surface area (Å²) in [4.78, 5) is 23.0. The van der Waals surface area contributed by atoms with Crippen molar-refractivity contribution in [3.8, 4) is 0 Å². The number of para-hydroxylation sites is 1. The molecule has 0 aliphatic heterocycles. The molecule has 0 bridgehead atoms. The second kappa shape index (κ2) is 5.75. The average molecular weight is 277 g/mol. The van der Waals surface area contributed by atoms with E-state index in [4.69, 9.17) is 19.6 Å². The first-order valence-electron chi connectivity index (χ1n) is 6.04. The highest BCUT2D eigenvalue weighted by Gasteiger charge is 2.24. The number of esters is 1. The van der Waals surface area contributed by atoms with Gasteiger partial charge in [-0.3, -0.25) is 4.79 Å². The van der Waals surface area contributed by atoms with E-state index in [-0.39, 0.29) is 12.4 Å². The van der Waals surface area contributed by atoms with Gasteiger partial charge in [-0.1, -0.05) is 18.2 Å². The molecule has 1 aromatic carbocycles. The Bertz CT molecular complexity index is 646. The van der Waals surface area contributed by atoms with Crippen LogP contribution in [-0.4, -0.2) is 25.1 Å². The van der Waals surface area contributed by atoms with E-state index in [2.05, 4.69) is 0 Å². The summed E-state index contributed by atoms with van der Waals surface area (Å²) in [5, 5.41) is 0.771. The van der Waals surface area contributed by atoms with Crippen LogP contribution in [0.1, 0.15) is 23.0 Å². The zero-order chi connectivity index (χ0) is 14.7. The second-order valence-electron chi connectivity index (χ2n) is 4.29. The predicted molar refractivity (Wildman–Crippen MR) is 71.0 cm³/mol. The Morgan fingerprint density at radius 1 is 1.35 bits per heavy atom. The normalized spacial score (nSPS) is 12.3. The highest BCUT2D eigenvalue weighted by Crippen LogP contribution is 2.27. The van der Waals surface area contributed by atoms with Gasteiger partial charge in [-0.2, -0.15) is 0 Å². The molecular formula is C14H15NO5. The fraction of sp³-hybridized carbons (Fsp3) is 0.286. The molecule has 0 spiro atoms. The molecule has 2 N–H and O–H groups in total. The zero-order valence-corrected chi connectivity index (χ0v) is 11.2. The van der Waals surface area contributed by atoms with Crippen molar-refractivity contribution in [2.45, 2.75) is 19.6 Å². The number of primary amides is 1. The van der Waals surface area contributed by atoms with Crippen molar-refractivity contribution in [1.29, 1.82) is 0 Å². The van der Waals surface area contributed by atoms with Crippen LogP contribution in [0.25, 0.3) is 11.0 Å². The van der Waals surface area contributed by atoms with Crippen LogP contribution in [0.15, 0.2) is 28.7 Å². The Balaban J connectivity index is 2.39. The summed E-state index contributed by atoms with van der Waals surface area (Å²) in [6.45, 7) is 1.60. The number of benzene rings is 1. The van der Waals surface area contributed by atoms with E-state index in [9.17, 15) is 9.59 Å². The summed E-state index contributed by atoms with van der Waals surface area (Å²) >= 11 is 0. The van der Waals surface area contributed by atoms with Gasteiger partial charge in [-0.25, -0.2) is 4.79 Å². The molecule has 0 saturated heterocycles. The van der Waals surface area contributed by atoms with Gasteiger partial charge in [0, 0.05) is 18.1 Å². The van der Waals surface area contributed by atoms with E-state index >= 15 is 0 Å². The molecule has 20 heavy (non-hydrogen) atoms. The molecule has 0 radical (unpaired) electrons. The SMILES string of the molecule is COCc1c(C(=O)OC(C)C(N)=O)oc2ccccc12. The quantitative estimate of drug-likeness (QED) is 0.838. The second-order valence-corrected chi connectivity index (χ2v) is 4.29. The van der Waals surface area contributed by atoms with Crippen molar-refractivity contribution in [3.63, 3.8) is 0 Å². The van der Waals surface area contributed by atoms with Crippen molar-refractivity contribution in [2.75, 3.05) is 7.11 Å². The molecule has 1 atom stereocenters. The fourth-order valence-corrected chi connectivity index (χ4v) is 1.82. The van der Waals surface area contributed by atoms with Crippen molar-refractivity contribution in [2.24, 2.45) is 5.73 Å². The third-order valence-electron chi connectivity index (χ3n) is 2.86. The summed E-state index contributed by atoms with van der Waals surface area (Å²) in [5.41, 5.74) is 6.20. The van der Waals surface area contributed by atoms with Gasteiger partial charge in [0.1, 0.15) is 5.58 Å². The summed E-state index contributed by atoms with van der Waals surface area (Å²) < 4.78 is 15.5. The standard InChI is InChI=1S/C14H15NO5/c1-8(13(15)16)19-14(17)12-10(7-18-2)9-5-3-4-6-11(9)20-12/h3-6,8H,7H2,1-2H3,(H2,15,16). The van der Waals surface area contributed by atoms with Gasteiger partial charge in [0.05, 0.1) is 6.61 Å². The number of fused-ring (bicyclic) bond motifs is 1. The Morgan fingerprint density at radius 3 is 2.70 bits per heavy atom. The van der Waals surface area contributed by atoms with Crippen LogP contribution in [0.4, 0.5) is 0 Å². The zero-order valence-electron chi connectivity index (χ0n) is 11.2. The number of carbonyl (C=O) groups excluding carboxylic acids is 2. The lowest BCUT2D eigenvalue weighted by Gasteiger charge is -2.08. The van der Waals surface area contributed by atoms with Crippen LogP contribution in [0.5, 0.6) is 0 Å². The molecular weight excluding hydrogens is 262 g/mol. The number of methoxy groups -OCH3 is 1. The smallest absolute Gasteiger partial charge is 0.375 e. The Morgan fingerprint density at radius 2 is 2.05 bits per heavy atom. The van der Waals surface area contributed by atoms with Gasteiger partial charge in [-0.05, 0) is 13.0 Å². The molecule has 0 saturated carbocycles. The maximum atomic E-state index is 12.0. The number of rotatable bonds is 5. The molecule has 1 heterocycles. The lowest BCUT2D eigenvalue weighted by Crippen LogP contribution is -2.30. The molecule has 0 aliphatic carbocycles. The number of carbonyl (C=O) groups is 2. The molecule has 0 fully saturated rings. The van der Waals surface area contributed by atoms with Crippen LogP contribution < -0.4 is 5.73 Å². The molecule has 1 unspecified atom stereocenters. The van der Waals surface area contributed by atoms with Gasteiger partial charge in [0.15, 0.2) is 6.10 Å². The van der Waals surface area contributed by atoms with Gasteiger partial charge in [0.2, 0.25) is 5.76 Å². The highest BCUT2D eigenvalue weighted by atomic mass is 16.6. The van der Waals surface area contributed by atoms with E-state index in [1.807, 2.05) is 12.1 Å². The molecule has 0 aliphatic rings. The minimum atomic E-state index is -1.02. The number of hydrogen-bond acceptors (Lipinski definition) is 5. The number of ether oxygens (including phenoxy) is 2. The molecule has 6 heteroatoms. The molecule has 106 valence electrons. The molecule has 1 aromatic heterocycles. The lowest BCUT2D eigenvalue weighted by atomic mass is 10.1. The molecule has 1 amide bonds. The van der Waals surface area contributed by atoms with E-state index < -0.39 is 18.0 Å². The molecule has 6 nitrogen and oxygen atoms in total. The van der Waals surface area contributed by atoms with Crippen molar-refractivity contribution in [3.05, 3.63) is 35.6 Å². The number of hydrogen-bond donors (Lipinski definition) is 1. The first-order valence-corrected chi connectivity index (χ1v) is 6.04. The maximum absolute atomic E-state index is 12.0. The Hall–Kier alpha value is -2.34. The number of nitrogens with two attached hydrogens (primary N) is 1. The van der Waals surface area contributed by atoms with Crippen LogP contribution in [0.2, 0.25) is 0 Å². The molecule has 2 rings (SSSR count). The molecule has 2 aromatic rings. The first kappa shape index (κ1) is 14.1. The number of amides is 1. The van der Waals surface area contributed by atoms with Gasteiger partial charge in [-0.15, -0.1) is 0 Å². The van der Waals surface area contributed by atoms with E-state index in [1.54, 1.807) is 12.1 Å². The van der Waals surface area contributed by atoms with Crippen LogP contribution in [0.3, 0.4) is 0 Å². The average Bonchev–Trinajstić information content (AvgIpc) is 2.78. The first-order chi connectivity index (χ1) is 9.54.